The molecular formula is C64H48N2S. The third-order valence-electron chi connectivity index (χ3n) is 14.4. The third-order valence-corrected chi connectivity index (χ3v) is 15.5. The molecule has 0 amide bonds. The van der Waals surface area contributed by atoms with E-state index in [-0.39, 0.29) is 0 Å². The van der Waals surface area contributed by atoms with Gasteiger partial charge in [0.1, 0.15) is 0 Å². The molecular weight excluding hydrogens is 829 g/mol. The molecule has 67 heavy (non-hydrogen) atoms. The Kier molecular flexibility index (Phi) is 9.83. The Balaban J connectivity index is 1.02. The molecule has 0 saturated heterocycles. The van der Waals surface area contributed by atoms with Crippen LogP contribution >= 0.6 is 11.3 Å². The van der Waals surface area contributed by atoms with Gasteiger partial charge in [-0.3, -0.25) is 0 Å². The Labute approximate surface area is 395 Å². The van der Waals surface area contributed by atoms with Crippen molar-refractivity contribution in [2.45, 2.75) is 38.0 Å². The standard InChI is InChI=1S/C64H48N2S/c1-3-18-43(19-4-1)51-31-15-20-44-21-16-33-56(63(44)51)54-29-8-10-34-58(54)65(50-27-14-23-47(41-50)52-32-17-37-62-64(52)57-30-9-12-36-61(57)67-62)49-26-13-22-45(40-49)46-38-39-55-53-28-7-11-35-59(53)66(60(55)42-46)48-24-5-2-6-25-48/h2,5-17,20-43H,1,3-4,18-19H2. The molecule has 12 aromatic rings. The SMILES string of the molecule is c1ccc(-n2c3ccccc3c3ccc(-c4cccc(N(c5cccc(-c6cccc7sc8ccccc8c67)c5)c5ccccc5-c5cccc6cccc(C7CCCCC7)c56)c4)cc32)cc1. The number of para-hydroxylation sites is 3. The van der Waals surface area contributed by atoms with Crippen molar-refractivity contribution < 1.29 is 0 Å². The maximum atomic E-state index is 2.51. The summed E-state index contributed by atoms with van der Waals surface area (Å²) >= 11 is 1.88. The van der Waals surface area contributed by atoms with Crippen molar-refractivity contribution in [1.29, 1.82) is 0 Å². The van der Waals surface area contributed by atoms with Crippen LogP contribution in [0.2, 0.25) is 0 Å². The predicted molar refractivity (Wildman–Crippen MR) is 288 cm³/mol. The Morgan fingerprint density at radius 2 is 1.03 bits per heavy atom. The molecule has 1 aliphatic carbocycles. The van der Waals surface area contributed by atoms with E-state index >= 15 is 0 Å². The van der Waals surface area contributed by atoms with Crippen molar-refractivity contribution >= 4 is 81.1 Å². The van der Waals surface area contributed by atoms with Gasteiger partial charge in [-0.2, -0.15) is 0 Å². The molecule has 0 atom stereocenters. The van der Waals surface area contributed by atoms with Gasteiger partial charge in [-0.25, -0.2) is 0 Å². The van der Waals surface area contributed by atoms with Crippen LogP contribution in [-0.4, -0.2) is 4.57 Å². The van der Waals surface area contributed by atoms with E-state index in [0.29, 0.717) is 5.92 Å². The zero-order valence-corrected chi connectivity index (χ0v) is 38.1. The fraction of sp³-hybridized carbons (Fsp3) is 0.0938. The number of rotatable bonds is 8. The number of anilines is 3. The minimum atomic E-state index is 0.573. The topological polar surface area (TPSA) is 8.17 Å². The molecule has 10 aromatic carbocycles. The van der Waals surface area contributed by atoms with Gasteiger partial charge in [0, 0.05) is 53.6 Å². The van der Waals surface area contributed by atoms with E-state index in [4.69, 9.17) is 0 Å². The van der Waals surface area contributed by atoms with Gasteiger partial charge < -0.3 is 9.47 Å². The van der Waals surface area contributed by atoms with Crippen LogP contribution in [0.4, 0.5) is 17.1 Å². The fourth-order valence-corrected chi connectivity index (χ4v) is 12.5. The van der Waals surface area contributed by atoms with Crippen LogP contribution in [0.3, 0.4) is 0 Å². The minimum Gasteiger partial charge on any atom is -0.310 e. The lowest BCUT2D eigenvalue weighted by atomic mass is 9.80. The van der Waals surface area contributed by atoms with Gasteiger partial charge in [0.25, 0.3) is 0 Å². The number of hydrogen-bond donors (Lipinski definition) is 0. The summed E-state index contributed by atoms with van der Waals surface area (Å²) in [6.07, 6.45) is 6.45. The van der Waals surface area contributed by atoms with E-state index in [1.165, 1.54) is 124 Å². The van der Waals surface area contributed by atoms with E-state index in [1.807, 2.05) is 11.3 Å². The molecule has 0 aliphatic heterocycles. The Bertz CT molecular complexity index is 3810. The van der Waals surface area contributed by atoms with Crippen LogP contribution in [0.1, 0.15) is 43.6 Å². The van der Waals surface area contributed by atoms with Crippen LogP contribution in [0.5, 0.6) is 0 Å². The largest absolute Gasteiger partial charge is 0.310 e. The summed E-state index contributed by atoms with van der Waals surface area (Å²) in [4.78, 5) is 2.51. The fourth-order valence-electron chi connectivity index (χ4n) is 11.3. The summed E-state index contributed by atoms with van der Waals surface area (Å²) in [6, 6.07) is 83.6. The predicted octanol–water partition coefficient (Wildman–Crippen LogP) is 18.8. The molecule has 1 fully saturated rings. The minimum absolute atomic E-state index is 0.573. The zero-order valence-electron chi connectivity index (χ0n) is 37.3. The summed E-state index contributed by atoms with van der Waals surface area (Å²) < 4.78 is 5.04. The summed E-state index contributed by atoms with van der Waals surface area (Å²) in [5.41, 5.74) is 15.8. The van der Waals surface area contributed by atoms with Crippen molar-refractivity contribution in [1.82, 2.24) is 4.57 Å². The first-order chi connectivity index (χ1) is 33.2. The number of hydrogen-bond acceptors (Lipinski definition) is 2. The smallest absolute Gasteiger partial charge is 0.0547 e. The van der Waals surface area contributed by atoms with E-state index in [1.54, 1.807) is 0 Å². The molecule has 2 nitrogen and oxygen atoms in total. The molecule has 13 rings (SSSR count). The maximum Gasteiger partial charge on any atom is 0.0547 e. The number of benzene rings is 10. The molecule has 320 valence electrons. The highest BCUT2D eigenvalue weighted by atomic mass is 32.1. The van der Waals surface area contributed by atoms with Crippen LogP contribution in [0.25, 0.3) is 91.8 Å². The van der Waals surface area contributed by atoms with Crippen LogP contribution in [0.15, 0.2) is 224 Å². The Morgan fingerprint density at radius 1 is 0.403 bits per heavy atom. The van der Waals surface area contributed by atoms with Gasteiger partial charge in [0.15, 0.2) is 0 Å². The lowest BCUT2D eigenvalue weighted by Crippen LogP contribution is -2.12. The second-order valence-electron chi connectivity index (χ2n) is 18.2. The van der Waals surface area contributed by atoms with E-state index < -0.39 is 0 Å². The quantitative estimate of drug-likeness (QED) is 0.148. The first kappa shape index (κ1) is 39.6. The first-order valence-corrected chi connectivity index (χ1v) is 24.7. The molecule has 0 bridgehead atoms. The van der Waals surface area contributed by atoms with Crippen molar-refractivity contribution in [2.75, 3.05) is 4.90 Å². The normalized spacial score (nSPS) is 13.3. The lowest BCUT2D eigenvalue weighted by molar-refractivity contribution is 0.445. The Hall–Kier alpha value is -7.72. The molecule has 1 aliphatic rings. The van der Waals surface area contributed by atoms with E-state index in [9.17, 15) is 0 Å². The van der Waals surface area contributed by atoms with E-state index in [0.717, 1.165) is 22.7 Å². The van der Waals surface area contributed by atoms with Crippen molar-refractivity contribution in [3.8, 4) is 39.1 Å². The summed E-state index contributed by atoms with van der Waals surface area (Å²) in [6.45, 7) is 0. The van der Waals surface area contributed by atoms with Crippen molar-refractivity contribution in [2.24, 2.45) is 0 Å². The average molecular weight is 877 g/mol. The summed E-state index contributed by atoms with van der Waals surface area (Å²) in [7, 11) is 0. The number of nitrogens with zero attached hydrogens (tertiary/aromatic N) is 2. The highest BCUT2D eigenvalue weighted by molar-refractivity contribution is 7.25. The van der Waals surface area contributed by atoms with Gasteiger partial charge >= 0.3 is 0 Å². The molecule has 1 saturated carbocycles. The van der Waals surface area contributed by atoms with Crippen molar-refractivity contribution in [3.05, 3.63) is 230 Å². The first-order valence-electron chi connectivity index (χ1n) is 23.9. The number of fused-ring (bicyclic) bond motifs is 7. The molecule has 2 heterocycles. The molecule has 3 heteroatoms. The molecule has 0 N–H and O–H groups in total. The summed E-state index contributed by atoms with van der Waals surface area (Å²) in [5, 5.41) is 7.85. The molecule has 2 aromatic heterocycles. The second-order valence-corrected chi connectivity index (χ2v) is 19.3. The highest BCUT2D eigenvalue weighted by Crippen LogP contribution is 2.48. The van der Waals surface area contributed by atoms with Crippen LogP contribution in [0, 0.1) is 0 Å². The van der Waals surface area contributed by atoms with Gasteiger partial charge in [-0.05, 0) is 130 Å². The van der Waals surface area contributed by atoms with Crippen LogP contribution < -0.4 is 4.90 Å². The molecule has 0 radical (unpaired) electrons. The van der Waals surface area contributed by atoms with Gasteiger partial charge in [0.2, 0.25) is 0 Å². The summed E-state index contributed by atoms with van der Waals surface area (Å²) in [5.74, 6) is 0.573. The zero-order chi connectivity index (χ0) is 44.3. The van der Waals surface area contributed by atoms with Gasteiger partial charge in [-0.15, -0.1) is 11.3 Å². The lowest BCUT2D eigenvalue weighted by Gasteiger charge is -2.30. The molecule has 0 spiro atoms. The number of thiophene rings is 1. The monoisotopic (exact) mass is 876 g/mol. The van der Waals surface area contributed by atoms with Gasteiger partial charge in [-0.1, -0.05) is 177 Å². The highest BCUT2D eigenvalue weighted by Gasteiger charge is 2.24. The third kappa shape index (κ3) is 6.84. The Morgan fingerprint density at radius 3 is 1.90 bits per heavy atom. The maximum absolute atomic E-state index is 2.51. The van der Waals surface area contributed by atoms with Crippen molar-refractivity contribution in [3.63, 3.8) is 0 Å². The van der Waals surface area contributed by atoms with Crippen LogP contribution in [-0.2, 0) is 0 Å². The number of aromatic nitrogens is 1. The average Bonchev–Trinajstić information content (AvgIpc) is 3.95. The van der Waals surface area contributed by atoms with E-state index in [2.05, 4.69) is 234 Å². The second kappa shape index (κ2) is 16.6. The molecule has 0 unspecified atom stereocenters. The van der Waals surface area contributed by atoms with Gasteiger partial charge in [0.05, 0.1) is 16.7 Å².